The molecule has 1 aliphatic carbocycles. The fourth-order valence-corrected chi connectivity index (χ4v) is 3.54. The lowest BCUT2D eigenvalue weighted by molar-refractivity contribution is 0.0606. The molecule has 0 fully saturated rings. The van der Waals surface area contributed by atoms with Crippen LogP contribution in [0.1, 0.15) is 27.2 Å². The molecular formula is C13H12O2S. The summed E-state index contributed by atoms with van der Waals surface area (Å²) in [4.78, 5) is 12.2. The first kappa shape index (κ1) is 9.85. The summed E-state index contributed by atoms with van der Waals surface area (Å²) in [7, 11) is 1.43. The number of ether oxygens (including phenoxy) is 1. The molecule has 1 aromatic carbocycles. The lowest BCUT2D eigenvalue weighted by Crippen LogP contribution is -1.96. The Morgan fingerprint density at radius 2 is 2.25 bits per heavy atom. The van der Waals surface area contributed by atoms with Crippen LogP contribution in [0.25, 0.3) is 10.1 Å². The number of carbonyl (C=O) groups is 1. The average molecular weight is 232 g/mol. The molecule has 0 unspecified atom stereocenters. The normalized spacial score (nSPS) is 14.1. The van der Waals surface area contributed by atoms with Crippen LogP contribution in [-0.2, 0) is 17.6 Å². The minimum atomic E-state index is -0.229. The van der Waals surface area contributed by atoms with Gasteiger partial charge in [0.15, 0.2) is 0 Å². The number of rotatable bonds is 1. The average Bonchev–Trinajstić information content (AvgIpc) is 2.92. The monoisotopic (exact) mass is 232 g/mol. The van der Waals surface area contributed by atoms with Gasteiger partial charge in [0, 0.05) is 4.70 Å². The van der Waals surface area contributed by atoms with Crippen molar-refractivity contribution in [2.45, 2.75) is 19.3 Å². The van der Waals surface area contributed by atoms with E-state index in [0.29, 0.717) is 4.88 Å². The highest BCUT2D eigenvalue weighted by atomic mass is 32.1. The molecule has 0 aliphatic heterocycles. The summed E-state index contributed by atoms with van der Waals surface area (Å²) in [6, 6.07) is 6.24. The second-order valence-electron chi connectivity index (χ2n) is 4.08. The third kappa shape index (κ3) is 1.35. The van der Waals surface area contributed by atoms with E-state index in [1.807, 2.05) is 6.07 Å². The number of thiophene rings is 1. The molecule has 0 radical (unpaired) electrons. The van der Waals surface area contributed by atoms with Crippen molar-refractivity contribution >= 4 is 27.4 Å². The van der Waals surface area contributed by atoms with Gasteiger partial charge in [-0.2, -0.15) is 0 Å². The fraction of sp³-hybridized carbons (Fsp3) is 0.308. The van der Waals surface area contributed by atoms with Crippen LogP contribution in [0.15, 0.2) is 18.2 Å². The number of fused-ring (bicyclic) bond motifs is 3. The van der Waals surface area contributed by atoms with E-state index in [1.165, 1.54) is 41.2 Å². The number of benzene rings is 1. The van der Waals surface area contributed by atoms with Crippen molar-refractivity contribution in [3.63, 3.8) is 0 Å². The van der Waals surface area contributed by atoms with Crippen LogP contribution in [0.2, 0.25) is 0 Å². The van der Waals surface area contributed by atoms with Crippen LogP contribution in [0.3, 0.4) is 0 Å². The fourth-order valence-electron chi connectivity index (χ4n) is 2.37. The van der Waals surface area contributed by atoms with Gasteiger partial charge in [0.1, 0.15) is 4.88 Å². The lowest BCUT2D eigenvalue weighted by Gasteiger charge is -1.98. The maximum atomic E-state index is 11.5. The van der Waals surface area contributed by atoms with Crippen LogP contribution >= 0.6 is 11.3 Å². The predicted octanol–water partition coefficient (Wildman–Crippen LogP) is 3.18. The van der Waals surface area contributed by atoms with Gasteiger partial charge < -0.3 is 4.74 Å². The summed E-state index contributed by atoms with van der Waals surface area (Å²) in [6.45, 7) is 0. The van der Waals surface area contributed by atoms with Gasteiger partial charge in [-0.15, -0.1) is 11.3 Å². The standard InChI is InChI=1S/C13H12O2S/c1-15-13(14)11-7-9-6-5-8-3-2-4-10(8)12(9)16-11/h5-7H,2-4H2,1H3. The number of aryl methyl sites for hydroxylation is 2. The predicted molar refractivity (Wildman–Crippen MR) is 65.2 cm³/mol. The first-order valence-electron chi connectivity index (χ1n) is 5.42. The molecule has 0 amide bonds. The van der Waals surface area contributed by atoms with E-state index < -0.39 is 0 Å². The Morgan fingerprint density at radius 3 is 3.06 bits per heavy atom. The third-order valence-electron chi connectivity index (χ3n) is 3.15. The maximum absolute atomic E-state index is 11.5. The van der Waals surface area contributed by atoms with Gasteiger partial charge in [0.05, 0.1) is 7.11 Å². The SMILES string of the molecule is COC(=O)c1cc2ccc3c(c2s1)CCC3. The Balaban J connectivity index is 2.21. The van der Waals surface area contributed by atoms with E-state index >= 15 is 0 Å². The van der Waals surface area contributed by atoms with Gasteiger partial charge >= 0.3 is 5.97 Å². The Kier molecular flexibility index (Phi) is 2.21. The lowest BCUT2D eigenvalue weighted by atomic mass is 10.1. The molecule has 1 aromatic heterocycles. The van der Waals surface area contributed by atoms with E-state index in [-0.39, 0.29) is 5.97 Å². The molecule has 16 heavy (non-hydrogen) atoms. The third-order valence-corrected chi connectivity index (χ3v) is 4.34. The molecule has 2 nitrogen and oxygen atoms in total. The second kappa shape index (κ2) is 3.59. The minimum Gasteiger partial charge on any atom is -0.465 e. The van der Waals surface area contributed by atoms with Crippen molar-refractivity contribution in [3.8, 4) is 0 Å². The highest BCUT2D eigenvalue weighted by Crippen LogP contribution is 2.35. The van der Waals surface area contributed by atoms with E-state index in [4.69, 9.17) is 4.74 Å². The summed E-state index contributed by atoms with van der Waals surface area (Å²) in [5.41, 5.74) is 2.89. The summed E-state index contributed by atoms with van der Waals surface area (Å²) in [5, 5.41) is 1.17. The summed E-state index contributed by atoms with van der Waals surface area (Å²) in [5.74, 6) is -0.229. The summed E-state index contributed by atoms with van der Waals surface area (Å²) >= 11 is 1.56. The van der Waals surface area contributed by atoms with Gasteiger partial charge in [0.2, 0.25) is 0 Å². The van der Waals surface area contributed by atoms with Crippen LogP contribution in [0.5, 0.6) is 0 Å². The van der Waals surface area contributed by atoms with Gasteiger partial charge in [-0.3, -0.25) is 0 Å². The van der Waals surface area contributed by atoms with E-state index in [1.54, 1.807) is 11.3 Å². The van der Waals surface area contributed by atoms with Crippen molar-refractivity contribution in [1.29, 1.82) is 0 Å². The smallest absolute Gasteiger partial charge is 0.348 e. The number of esters is 1. The minimum absolute atomic E-state index is 0.229. The van der Waals surface area contributed by atoms with Crippen LogP contribution in [0.4, 0.5) is 0 Å². The largest absolute Gasteiger partial charge is 0.465 e. The van der Waals surface area contributed by atoms with Crippen LogP contribution in [0, 0.1) is 0 Å². The number of hydrogen-bond donors (Lipinski definition) is 0. The Bertz CT molecular complexity index is 569. The molecule has 82 valence electrons. The van der Waals surface area contributed by atoms with E-state index in [9.17, 15) is 4.79 Å². The van der Waals surface area contributed by atoms with Crippen molar-refractivity contribution in [2.24, 2.45) is 0 Å². The Morgan fingerprint density at radius 1 is 1.38 bits per heavy atom. The van der Waals surface area contributed by atoms with Crippen molar-refractivity contribution < 1.29 is 9.53 Å². The number of carbonyl (C=O) groups excluding carboxylic acids is 1. The zero-order valence-corrected chi connectivity index (χ0v) is 9.89. The molecule has 0 bridgehead atoms. The number of methoxy groups -OCH3 is 1. The zero-order chi connectivity index (χ0) is 11.1. The summed E-state index contributed by atoms with van der Waals surface area (Å²) < 4.78 is 6.03. The van der Waals surface area contributed by atoms with Gasteiger partial charge in [-0.1, -0.05) is 12.1 Å². The maximum Gasteiger partial charge on any atom is 0.348 e. The molecule has 0 atom stereocenters. The molecule has 0 saturated heterocycles. The molecule has 0 N–H and O–H groups in total. The molecule has 0 saturated carbocycles. The quantitative estimate of drug-likeness (QED) is 0.706. The van der Waals surface area contributed by atoms with Crippen molar-refractivity contribution in [3.05, 3.63) is 34.2 Å². The van der Waals surface area contributed by atoms with Crippen LogP contribution in [-0.4, -0.2) is 13.1 Å². The molecule has 3 rings (SSSR count). The topological polar surface area (TPSA) is 26.3 Å². The van der Waals surface area contributed by atoms with Crippen molar-refractivity contribution in [2.75, 3.05) is 7.11 Å². The Labute approximate surface area is 97.8 Å². The summed E-state index contributed by atoms with van der Waals surface area (Å²) in [6.07, 6.45) is 3.56. The molecule has 3 heteroatoms. The highest BCUT2D eigenvalue weighted by molar-refractivity contribution is 7.21. The van der Waals surface area contributed by atoms with Crippen LogP contribution < -0.4 is 0 Å². The Hall–Kier alpha value is -1.35. The van der Waals surface area contributed by atoms with E-state index in [2.05, 4.69) is 12.1 Å². The van der Waals surface area contributed by atoms with Gasteiger partial charge in [0.25, 0.3) is 0 Å². The van der Waals surface area contributed by atoms with Gasteiger partial charge in [-0.05, 0) is 41.8 Å². The molecule has 0 spiro atoms. The first-order valence-corrected chi connectivity index (χ1v) is 6.24. The van der Waals surface area contributed by atoms with Crippen molar-refractivity contribution in [1.82, 2.24) is 0 Å². The second-order valence-corrected chi connectivity index (χ2v) is 5.13. The first-order chi connectivity index (χ1) is 7.79. The van der Waals surface area contributed by atoms with Gasteiger partial charge in [-0.25, -0.2) is 4.79 Å². The van der Waals surface area contributed by atoms with E-state index in [0.717, 1.165) is 6.42 Å². The number of hydrogen-bond acceptors (Lipinski definition) is 3. The molecule has 2 aromatic rings. The highest BCUT2D eigenvalue weighted by Gasteiger charge is 2.17. The zero-order valence-electron chi connectivity index (χ0n) is 9.08. The molecule has 1 aliphatic rings. The molecular weight excluding hydrogens is 220 g/mol. The molecule has 1 heterocycles.